The predicted octanol–water partition coefficient (Wildman–Crippen LogP) is 7.98. The number of rotatable bonds is 14. The Labute approximate surface area is 689 Å². The van der Waals surface area contributed by atoms with Gasteiger partial charge in [-0.15, -0.1) is 0 Å². The molecule has 12 aliphatic rings. The number of hydrogen-bond acceptors (Lipinski definition) is 24. The van der Waals surface area contributed by atoms with E-state index in [9.17, 15) is 39.6 Å². The van der Waals surface area contributed by atoms with Gasteiger partial charge in [-0.05, 0) is 148 Å². The number of carbonyl (C=O) groups excluding carboxylic acids is 6. The number of anilines is 2. The number of hydrogen-bond donors (Lipinski definition) is 6. The van der Waals surface area contributed by atoms with E-state index in [-0.39, 0.29) is 23.9 Å². The fourth-order valence-corrected chi connectivity index (χ4v) is 27.0. The summed E-state index contributed by atoms with van der Waals surface area (Å²) in [6, 6.07) is 21.9. The van der Waals surface area contributed by atoms with Crippen LogP contribution in [0.25, 0.3) is 21.8 Å². The van der Waals surface area contributed by atoms with Gasteiger partial charge in [0.05, 0.1) is 65.9 Å². The number of H-pyrrole nitrogens is 2. The van der Waals surface area contributed by atoms with E-state index in [0.29, 0.717) is 165 Å². The highest BCUT2D eigenvalue weighted by Gasteiger charge is 2.83. The molecular formula is C92H116N8O18. The summed E-state index contributed by atoms with van der Waals surface area (Å²) in [5.41, 5.74) is -3.25. The maximum Gasteiger partial charge on any atom is 0.344 e. The number of methoxy groups -OCH3 is 6. The number of piperidine rings is 2. The van der Waals surface area contributed by atoms with Gasteiger partial charge in [0.2, 0.25) is 11.2 Å². The van der Waals surface area contributed by atoms with Crippen LogP contribution in [0.4, 0.5) is 11.4 Å². The third kappa shape index (κ3) is 11.0. The number of ether oxygens (including phenoxy) is 8. The Hall–Kier alpha value is -8.86. The molecular weight excluding hydrogens is 1510 g/mol. The molecule has 12 heterocycles. The van der Waals surface area contributed by atoms with Crippen molar-refractivity contribution in [3.05, 3.63) is 142 Å². The minimum absolute atomic E-state index is 0.0986. The quantitative estimate of drug-likeness (QED) is 0.0342. The van der Waals surface area contributed by atoms with Gasteiger partial charge < -0.3 is 78.1 Å². The second-order valence-corrected chi connectivity index (χ2v) is 36.4. The lowest BCUT2D eigenvalue weighted by atomic mass is 9.47. The van der Waals surface area contributed by atoms with Crippen LogP contribution >= 0.6 is 0 Å². The summed E-state index contributed by atoms with van der Waals surface area (Å²) in [4.78, 5) is 106. The maximum atomic E-state index is 15.3. The molecule has 632 valence electrons. The van der Waals surface area contributed by atoms with E-state index >= 15 is 9.59 Å². The van der Waals surface area contributed by atoms with Gasteiger partial charge in [0.25, 0.3) is 0 Å². The molecule has 26 heteroatoms. The first kappa shape index (κ1) is 81.5. The molecule has 2 spiro atoms. The number of para-hydroxylation sites is 2. The van der Waals surface area contributed by atoms with Crippen LogP contribution in [0, 0.1) is 22.7 Å². The summed E-state index contributed by atoms with van der Waals surface area (Å²) in [6.07, 6.45) is 11.9. The third-order valence-electron chi connectivity index (χ3n) is 31.2. The average molecular weight is 1620 g/mol. The van der Waals surface area contributed by atoms with Gasteiger partial charge in [-0.3, -0.25) is 38.8 Å². The number of fused-ring (bicyclic) bond motifs is 12. The number of esters is 6. The lowest BCUT2D eigenvalue weighted by molar-refractivity contribution is -0.229. The van der Waals surface area contributed by atoms with Gasteiger partial charge in [-0.25, -0.2) is 9.59 Å². The highest BCUT2D eigenvalue weighted by molar-refractivity contribution is 5.97. The molecule has 20 atom stereocenters. The summed E-state index contributed by atoms with van der Waals surface area (Å²) in [6.45, 7) is 17.2. The molecule has 0 radical (unpaired) electrons. The van der Waals surface area contributed by atoms with Crippen LogP contribution in [0.2, 0.25) is 0 Å². The first-order valence-electron chi connectivity index (χ1n) is 42.4. The van der Waals surface area contributed by atoms with Crippen LogP contribution in [0.1, 0.15) is 151 Å². The van der Waals surface area contributed by atoms with E-state index in [0.717, 1.165) is 66.8 Å². The zero-order valence-corrected chi connectivity index (χ0v) is 70.6. The highest BCUT2D eigenvalue weighted by atomic mass is 16.6. The Kier molecular flexibility index (Phi) is 20.0. The standard InChI is InChI=1S/2C46H58N4O9/c2*1-8-42(54)23-28-24-45(40(52)57-6,36-30(15-19-49(25-28)26-42)29-13-10-11-14-33(29)47-36)32-21-31-34(22-35(32)56-5)48(4)38-44(31)17-20-50-18-12-16-43(9-2,37(44)50)39(59-27(3)51)46(38,55)41(53)58-7/h2*10-14,16,21-22,28,37-39,47,54-55H,8-9,15,17-20,23-26H2,1-7H3/t2*28-,37-,38+,39+,42-,43+,44+,45-,46-/m00/s1. The van der Waals surface area contributed by atoms with Crippen molar-refractivity contribution in [1.82, 2.24) is 29.6 Å². The minimum Gasteiger partial charge on any atom is -0.496 e. The Morgan fingerprint density at radius 1 is 0.475 bits per heavy atom. The molecule has 2 unspecified atom stereocenters. The number of nitrogens with one attached hydrogen (secondary N) is 2. The molecule has 4 aromatic carbocycles. The van der Waals surface area contributed by atoms with Gasteiger partial charge in [0.1, 0.15) is 22.3 Å². The fraction of sp³-hybridized carbons (Fsp3) is 0.587. The lowest BCUT2D eigenvalue weighted by Gasteiger charge is -2.63. The molecule has 10 aliphatic heterocycles. The van der Waals surface area contributed by atoms with Crippen molar-refractivity contribution in [2.24, 2.45) is 22.7 Å². The van der Waals surface area contributed by atoms with Gasteiger partial charge in [-0.1, -0.05) is 88.4 Å². The van der Waals surface area contributed by atoms with Gasteiger partial charge in [0.15, 0.2) is 12.2 Å². The van der Waals surface area contributed by atoms with Crippen molar-refractivity contribution in [2.75, 3.05) is 132 Å². The lowest BCUT2D eigenvalue weighted by Crippen LogP contribution is -2.81. The van der Waals surface area contributed by atoms with Crippen LogP contribution in [0.3, 0.4) is 0 Å². The number of likely N-dealkylation sites (N-methyl/N-ethyl adjacent to an activating group) is 2. The summed E-state index contributed by atoms with van der Waals surface area (Å²) in [5.74, 6) is -3.13. The van der Waals surface area contributed by atoms with Crippen molar-refractivity contribution in [3.8, 4) is 11.5 Å². The number of benzene rings is 4. The van der Waals surface area contributed by atoms with E-state index in [1.165, 1.54) is 42.3 Å². The molecule has 2 aromatic heterocycles. The minimum atomic E-state index is -2.30. The summed E-state index contributed by atoms with van der Waals surface area (Å²) >= 11 is 0. The average Bonchev–Trinajstić information content (AvgIpc) is 1.47. The molecule has 26 nitrogen and oxygen atoms in total. The third-order valence-corrected chi connectivity index (χ3v) is 31.2. The number of aliphatic hydroxyl groups is 4. The highest BCUT2D eigenvalue weighted by Crippen LogP contribution is 2.71. The summed E-state index contributed by atoms with van der Waals surface area (Å²) in [5, 5.41) is 52.7. The van der Waals surface area contributed by atoms with Gasteiger partial charge in [0, 0.05) is 182 Å². The molecule has 118 heavy (non-hydrogen) atoms. The van der Waals surface area contributed by atoms with Crippen molar-refractivity contribution in [2.45, 2.75) is 199 Å². The fourth-order valence-electron chi connectivity index (χ4n) is 27.0. The zero-order chi connectivity index (χ0) is 83.7. The first-order valence-corrected chi connectivity index (χ1v) is 42.4. The molecule has 4 bridgehead atoms. The Balaban J connectivity index is 0.000000169. The zero-order valence-electron chi connectivity index (χ0n) is 70.6. The molecule has 2 aliphatic carbocycles. The summed E-state index contributed by atoms with van der Waals surface area (Å²) in [7, 11) is 12.3. The van der Waals surface area contributed by atoms with Gasteiger partial charge in [-0.2, -0.15) is 0 Å². The number of aromatic nitrogens is 2. The van der Waals surface area contributed by atoms with Crippen molar-refractivity contribution in [3.63, 3.8) is 0 Å². The van der Waals surface area contributed by atoms with Crippen LogP contribution in [-0.4, -0.2) is 267 Å². The Bertz CT molecular complexity index is 4830. The first-order chi connectivity index (χ1) is 56.4. The normalized spacial score (nSPS) is 37.0. The molecule has 0 amide bonds. The molecule has 4 saturated heterocycles. The van der Waals surface area contributed by atoms with Crippen LogP contribution in [0.5, 0.6) is 11.5 Å². The Morgan fingerprint density at radius 3 is 1.20 bits per heavy atom. The molecule has 6 aromatic rings. The largest absolute Gasteiger partial charge is 0.496 e. The van der Waals surface area contributed by atoms with Crippen LogP contribution in [-0.2, 0) is 91.7 Å². The topological polar surface area (TPSA) is 308 Å². The second-order valence-electron chi connectivity index (χ2n) is 36.4. The number of carbonyl (C=O) groups is 6. The van der Waals surface area contributed by atoms with Crippen LogP contribution < -0.4 is 19.3 Å². The van der Waals surface area contributed by atoms with E-state index < -0.39 is 115 Å². The smallest absolute Gasteiger partial charge is 0.344 e. The van der Waals surface area contributed by atoms with E-state index in [1.54, 1.807) is 14.2 Å². The number of nitrogens with zero attached hydrogens (tertiary/aromatic N) is 6. The van der Waals surface area contributed by atoms with Crippen molar-refractivity contribution in [1.29, 1.82) is 0 Å². The maximum absolute atomic E-state index is 15.3. The molecule has 6 fully saturated rings. The molecule has 2 saturated carbocycles. The Morgan fingerprint density at radius 2 is 0.856 bits per heavy atom. The van der Waals surface area contributed by atoms with Crippen LogP contribution in [0.15, 0.2) is 97.1 Å². The molecule has 6 N–H and O–H groups in total. The summed E-state index contributed by atoms with van der Waals surface area (Å²) < 4.78 is 47.9. The second kappa shape index (κ2) is 28.9. The number of aromatic amines is 2. The monoisotopic (exact) mass is 1620 g/mol. The van der Waals surface area contributed by atoms with Crippen molar-refractivity contribution < 1.29 is 87.1 Å². The SMILES string of the molecule is CC[C@]1(O)C[C@@H]2CN(CCc3c([nH]c4ccccc34)[C@@](C(=O)OC)(c3cc4c(cc3OC)N(C)[C@H]3[C@@](O)(C(=O)OC)[C@H](OC(C)=O)[C@]5(CC)C=CCN6CC[C@]43[C@@H]65)C2)C1.CC[C@]1(O)C[C@@H]2CN(CCc3c([nH]c4ccccc34)[C@@](C(=O)OC)(c3cc4c(cc3OC)N(C)[C@H]3[C@@](O)(C(=O)OC)[C@H](OC(C)=O)[C@]5(CC)C=CCN6CC[C@]43[C@@H]65)C2)C1. The van der Waals surface area contributed by atoms with E-state index in [4.69, 9.17) is 37.9 Å². The van der Waals surface area contributed by atoms with E-state index in [2.05, 4.69) is 78.1 Å². The molecule has 18 rings (SSSR count). The van der Waals surface area contributed by atoms with E-state index in [1.807, 2.05) is 100 Å². The predicted molar refractivity (Wildman–Crippen MR) is 441 cm³/mol. The van der Waals surface area contributed by atoms with Crippen molar-refractivity contribution >= 4 is 69.0 Å². The van der Waals surface area contributed by atoms with Gasteiger partial charge >= 0.3 is 35.8 Å².